The predicted octanol–water partition coefficient (Wildman–Crippen LogP) is -2.25. The van der Waals surface area contributed by atoms with Crippen LogP contribution < -0.4 is 16.4 Å². The first-order valence-electron chi connectivity index (χ1n) is 14.1. The molecule has 1 fully saturated rings. The van der Waals surface area contributed by atoms with Crippen LogP contribution in [0.25, 0.3) is 11.2 Å². The average molecular weight is 812 g/mol. The maximum absolute atomic E-state index is 12.6. The number of aromatic nitrogens is 4. The first kappa shape index (κ1) is 44.4. The molecule has 0 radical (unpaired) electrons. The summed E-state index contributed by atoms with van der Waals surface area (Å²) in [5, 5.41) is 26.1. The number of aliphatic hydroxyl groups excluding tert-OH is 2. The Morgan fingerprint density at radius 1 is 1.10 bits per heavy atom. The van der Waals surface area contributed by atoms with Crippen LogP contribution in [0.15, 0.2) is 12.7 Å². The van der Waals surface area contributed by atoms with E-state index >= 15 is 0 Å². The second kappa shape index (κ2) is 18.9. The molecule has 3 rings (SSSR count). The van der Waals surface area contributed by atoms with Crippen LogP contribution in [0.3, 0.4) is 0 Å². The summed E-state index contributed by atoms with van der Waals surface area (Å²) >= 11 is 3.95. The molecule has 29 heteroatoms. The number of ether oxygens (including phenoxy) is 1. The number of imidazole rings is 1. The van der Waals surface area contributed by atoms with Gasteiger partial charge in [0.1, 0.15) is 36.3 Å². The molecule has 10 N–H and O–H groups in total. The van der Waals surface area contributed by atoms with E-state index in [1.54, 1.807) is 0 Å². The first-order chi connectivity index (χ1) is 23.6. The number of fused-ring (bicyclic) bond motifs is 1. The normalized spacial score (nSPS) is 22.1. The van der Waals surface area contributed by atoms with Gasteiger partial charge in [0.25, 0.3) is 0 Å². The quantitative estimate of drug-likeness (QED) is 0.0561. The molecule has 7 atom stereocenters. The minimum absolute atomic E-state index is 0.0363. The summed E-state index contributed by atoms with van der Waals surface area (Å²) in [6.45, 7) is 0.723. The van der Waals surface area contributed by atoms with Crippen molar-refractivity contribution in [2.75, 3.05) is 37.8 Å². The van der Waals surface area contributed by atoms with Gasteiger partial charge in [0.15, 0.2) is 17.7 Å². The van der Waals surface area contributed by atoms with Crippen LogP contribution >= 0.6 is 36.1 Å². The smallest absolute Gasteiger partial charge is 0.386 e. The van der Waals surface area contributed by atoms with E-state index in [1.165, 1.54) is 13.8 Å². The molecule has 2 amide bonds. The molecule has 51 heavy (non-hydrogen) atoms. The van der Waals surface area contributed by atoms with E-state index in [9.17, 15) is 53.1 Å². The Labute approximate surface area is 293 Å². The van der Waals surface area contributed by atoms with Crippen LogP contribution in [-0.2, 0) is 55.5 Å². The molecule has 1 saturated heterocycles. The van der Waals surface area contributed by atoms with Crippen LogP contribution in [0, 0.1) is 5.41 Å². The fraction of sp³-hybridized carbons (Fsp3) is 0.636. The number of phosphoric acid groups is 3. The summed E-state index contributed by atoms with van der Waals surface area (Å²) in [5.74, 6) is -0.943. The van der Waals surface area contributed by atoms with Crippen molar-refractivity contribution in [3.05, 3.63) is 12.7 Å². The highest BCUT2D eigenvalue weighted by atomic mass is 32.1. The van der Waals surface area contributed by atoms with Crippen molar-refractivity contribution >= 4 is 71.0 Å². The van der Waals surface area contributed by atoms with Gasteiger partial charge in [-0.2, -0.15) is 26.5 Å². The van der Waals surface area contributed by atoms with Gasteiger partial charge in [0.2, 0.25) is 11.8 Å². The number of rotatable bonds is 18. The second-order valence-corrected chi connectivity index (χ2v) is 15.6. The number of nitrogen functional groups attached to an aromatic ring is 1. The summed E-state index contributed by atoms with van der Waals surface area (Å²) < 4.78 is 61.7. The Hall–Kier alpha value is -2.73. The number of phosphoric ester groups is 3. The van der Waals surface area contributed by atoms with Gasteiger partial charge >= 0.3 is 29.6 Å². The van der Waals surface area contributed by atoms with E-state index in [0.717, 1.165) is 17.2 Å². The molecular weight excluding hydrogens is 775 g/mol. The highest BCUT2D eigenvalue weighted by Gasteiger charge is 2.50. The van der Waals surface area contributed by atoms with E-state index in [-0.39, 0.29) is 42.0 Å². The Bertz CT molecular complexity index is 1690. The third-order valence-corrected chi connectivity index (χ3v) is 9.83. The zero-order chi connectivity index (χ0) is 38.8. The maximum atomic E-state index is 12.6. The number of nitrogens with one attached hydrogen (secondary N) is 2. The molecule has 1 aliphatic rings. The SMILES string of the molecule is CC(C)(COP(=O)(O)OP(=O)(O)OC[C@H]1O[C@@H](n2cnc3c(N)ncnc32)[C@H](O)[C@@H]1OP(=O)(O)O)[C@@H](O)C(=O)NCCC(=O)NCCS.O=C=O. The van der Waals surface area contributed by atoms with Crippen LogP contribution in [0.1, 0.15) is 26.5 Å². The van der Waals surface area contributed by atoms with Gasteiger partial charge in [-0.15, -0.1) is 0 Å². The lowest BCUT2D eigenvalue weighted by Gasteiger charge is -2.30. The fourth-order valence-electron chi connectivity index (χ4n) is 4.14. The van der Waals surface area contributed by atoms with Crippen molar-refractivity contribution < 1.29 is 85.3 Å². The Balaban J connectivity index is 0.00000290. The first-order valence-corrected chi connectivity index (χ1v) is 19.2. The van der Waals surface area contributed by atoms with E-state index < -0.39 is 78.6 Å². The number of carbonyl (C=O) groups is 2. The van der Waals surface area contributed by atoms with Gasteiger partial charge in [-0.1, -0.05) is 13.8 Å². The minimum Gasteiger partial charge on any atom is -0.386 e. The summed E-state index contributed by atoms with van der Waals surface area (Å²) in [4.78, 5) is 90.9. The number of carbonyl (C=O) groups excluding carboxylic acids is 4. The molecule has 0 aromatic carbocycles. The van der Waals surface area contributed by atoms with E-state index in [1.807, 2.05) is 0 Å². The van der Waals surface area contributed by atoms with Gasteiger partial charge in [-0.3, -0.25) is 27.7 Å². The Kier molecular flexibility index (Phi) is 16.4. The molecule has 2 unspecified atom stereocenters. The number of anilines is 1. The number of thiol groups is 1. The lowest BCUT2D eigenvalue weighted by Crippen LogP contribution is -2.46. The number of hydrogen-bond acceptors (Lipinski definition) is 19. The summed E-state index contributed by atoms with van der Waals surface area (Å²) in [6.07, 6.45) is -6.49. The predicted molar refractivity (Wildman–Crippen MR) is 168 cm³/mol. The fourth-order valence-corrected chi connectivity index (χ4v) is 7.08. The van der Waals surface area contributed by atoms with Crippen LogP contribution in [0.5, 0.6) is 0 Å². The number of aliphatic hydroxyl groups is 2. The molecule has 0 aliphatic carbocycles. The standard InChI is InChI=1S/C21H36N7O16P3S.CO2/c1-21(2,16(31)19(32)24-4-3-12(29)23-5-6-48)8-41-47(38,39)44-46(36,37)40-7-11-15(43-45(33,34)35)14(30)20(42-11)28-10-27-13-17(22)25-9-26-18(13)28;2-1-3/h9-11,14-16,20,30-31,48H,3-8H2,1-2H3,(H,23,29)(H,24,32)(H,36,37)(H,38,39)(H2,22,25,26)(H2,33,34,35);/t11-,14-,15-,16+,20-;/m1./s1. The summed E-state index contributed by atoms with van der Waals surface area (Å²) in [7, 11) is -16.3. The third kappa shape index (κ3) is 13.6. The van der Waals surface area contributed by atoms with Gasteiger partial charge in [-0.25, -0.2) is 28.6 Å². The van der Waals surface area contributed by atoms with Crippen LogP contribution in [-0.4, -0.2) is 124 Å². The zero-order valence-corrected chi connectivity index (χ0v) is 30.1. The highest BCUT2D eigenvalue weighted by Crippen LogP contribution is 2.61. The highest BCUT2D eigenvalue weighted by molar-refractivity contribution is 7.80. The molecule has 0 spiro atoms. The lowest BCUT2D eigenvalue weighted by molar-refractivity contribution is -0.191. The third-order valence-electron chi connectivity index (χ3n) is 6.51. The molecule has 0 bridgehead atoms. The molecule has 3 heterocycles. The van der Waals surface area contributed by atoms with Crippen molar-refractivity contribution in [2.24, 2.45) is 5.41 Å². The van der Waals surface area contributed by atoms with Gasteiger partial charge < -0.3 is 50.9 Å². The maximum Gasteiger partial charge on any atom is 0.481 e. The zero-order valence-electron chi connectivity index (χ0n) is 26.5. The largest absolute Gasteiger partial charge is 0.481 e. The summed E-state index contributed by atoms with van der Waals surface area (Å²) in [5.41, 5.74) is 4.30. The Morgan fingerprint density at radius 3 is 2.33 bits per heavy atom. The number of nitrogens with two attached hydrogens (primary N) is 1. The summed E-state index contributed by atoms with van der Waals surface area (Å²) in [6, 6.07) is 0. The average Bonchev–Trinajstić information content (AvgIpc) is 3.58. The van der Waals surface area contributed by atoms with E-state index in [0.29, 0.717) is 12.3 Å². The molecule has 2 aromatic heterocycles. The molecule has 25 nitrogen and oxygen atoms in total. The van der Waals surface area contributed by atoms with E-state index in [4.69, 9.17) is 29.1 Å². The van der Waals surface area contributed by atoms with Crippen molar-refractivity contribution in [2.45, 2.75) is 50.9 Å². The van der Waals surface area contributed by atoms with Crippen molar-refractivity contribution in [3.63, 3.8) is 0 Å². The van der Waals surface area contributed by atoms with Crippen molar-refractivity contribution in [1.82, 2.24) is 30.2 Å². The number of nitrogens with zero attached hydrogens (tertiary/aromatic N) is 4. The van der Waals surface area contributed by atoms with Crippen molar-refractivity contribution in [3.8, 4) is 0 Å². The lowest BCUT2D eigenvalue weighted by atomic mass is 9.87. The minimum atomic E-state index is -5.54. The number of hydrogen-bond donors (Lipinski definition) is 10. The molecular formula is C22H36N7O18P3S. The molecule has 0 saturated carbocycles. The van der Waals surface area contributed by atoms with Crippen LogP contribution in [0.2, 0.25) is 0 Å². The van der Waals surface area contributed by atoms with Gasteiger partial charge in [0, 0.05) is 30.7 Å². The van der Waals surface area contributed by atoms with Gasteiger partial charge in [0.05, 0.1) is 19.5 Å². The second-order valence-electron chi connectivity index (χ2n) is 10.9. The van der Waals surface area contributed by atoms with E-state index in [2.05, 4.69) is 47.0 Å². The monoisotopic (exact) mass is 811 g/mol. The molecule has 1 aliphatic heterocycles. The Morgan fingerprint density at radius 2 is 1.73 bits per heavy atom. The molecule has 2 aromatic rings. The van der Waals surface area contributed by atoms with Crippen LogP contribution in [0.4, 0.5) is 5.82 Å². The van der Waals surface area contributed by atoms with Gasteiger partial charge in [-0.05, 0) is 0 Å². The van der Waals surface area contributed by atoms with Crippen molar-refractivity contribution in [1.29, 1.82) is 0 Å². The topological polar surface area (TPSA) is 381 Å². The molecule has 288 valence electrons. The number of amides is 2.